The molecule has 0 unspecified atom stereocenters. The van der Waals surface area contributed by atoms with Gasteiger partial charge in [0.2, 0.25) is 11.8 Å². The second-order valence-electron chi connectivity index (χ2n) is 6.82. The molecule has 0 aliphatic heterocycles. The van der Waals surface area contributed by atoms with Gasteiger partial charge in [-0.1, -0.05) is 47.5 Å². The number of methoxy groups -OCH3 is 1. The molecule has 0 aliphatic rings. The lowest BCUT2D eigenvalue weighted by Crippen LogP contribution is -2.24. The van der Waals surface area contributed by atoms with E-state index in [0.717, 1.165) is 5.56 Å². The third-order valence-electron chi connectivity index (χ3n) is 4.37. The minimum atomic E-state index is -0.564. The Labute approximate surface area is 201 Å². The molecular weight excluding hydrogens is 465 g/mol. The number of rotatable bonds is 9. The number of nitrogens with zero attached hydrogens (tertiary/aromatic N) is 1. The summed E-state index contributed by atoms with van der Waals surface area (Å²) in [4.78, 5) is 24.0. The molecule has 3 aromatic rings. The molecular formula is C24H21Cl2N3O4. The van der Waals surface area contributed by atoms with Crippen molar-refractivity contribution in [3.8, 4) is 11.5 Å². The number of hydrogen-bond donors (Lipinski definition) is 2. The SMILES string of the molecule is COc1cc(C=NNC(=O)CC(=O)Nc2ccccc2Cl)ccc1OCc1ccc(Cl)cc1. The van der Waals surface area contributed by atoms with Crippen molar-refractivity contribution < 1.29 is 19.1 Å². The zero-order valence-corrected chi connectivity index (χ0v) is 19.2. The quantitative estimate of drug-likeness (QED) is 0.251. The lowest BCUT2D eigenvalue weighted by molar-refractivity contribution is -0.126. The maximum absolute atomic E-state index is 12.0. The number of nitrogens with one attached hydrogen (secondary N) is 2. The molecule has 0 saturated carbocycles. The van der Waals surface area contributed by atoms with Crippen LogP contribution in [-0.4, -0.2) is 25.1 Å². The van der Waals surface area contributed by atoms with Crippen LogP contribution in [0.2, 0.25) is 10.0 Å². The Morgan fingerprint density at radius 3 is 2.45 bits per heavy atom. The van der Waals surface area contributed by atoms with Crippen molar-refractivity contribution in [2.75, 3.05) is 12.4 Å². The summed E-state index contributed by atoms with van der Waals surface area (Å²) in [6.45, 7) is 0.354. The van der Waals surface area contributed by atoms with E-state index in [-0.39, 0.29) is 0 Å². The summed E-state index contributed by atoms with van der Waals surface area (Å²) < 4.78 is 11.2. The Kier molecular flexibility index (Phi) is 8.69. The first-order chi connectivity index (χ1) is 15.9. The number of ether oxygens (including phenoxy) is 2. The Bertz CT molecular complexity index is 1150. The first kappa shape index (κ1) is 24.1. The highest BCUT2D eigenvalue weighted by atomic mass is 35.5. The summed E-state index contributed by atoms with van der Waals surface area (Å²) in [7, 11) is 1.53. The fourth-order valence-electron chi connectivity index (χ4n) is 2.75. The van der Waals surface area contributed by atoms with Crippen molar-refractivity contribution >= 4 is 46.9 Å². The second kappa shape index (κ2) is 11.9. The summed E-state index contributed by atoms with van der Waals surface area (Å²) in [5, 5.41) is 7.51. The maximum atomic E-state index is 12.0. The van der Waals surface area contributed by atoms with Gasteiger partial charge in [-0.15, -0.1) is 0 Å². The third kappa shape index (κ3) is 7.52. The van der Waals surface area contributed by atoms with E-state index in [0.29, 0.717) is 39.4 Å². The first-order valence-electron chi connectivity index (χ1n) is 9.86. The van der Waals surface area contributed by atoms with Gasteiger partial charge in [0.1, 0.15) is 13.0 Å². The molecule has 3 aromatic carbocycles. The highest BCUT2D eigenvalue weighted by Crippen LogP contribution is 2.28. The molecule has 2 N–H and O–H groups in total. The van der Waals surface area contributed by atoms with Crippen LogP contribution < -0.4 is 20.2 Å². The Balaban J connectivity index is 1.51. The van der Waals surface area contributed by atoms with Gasteiger partial charge in [0.05, 0.1) is 24.0 Å². The number of hydrogen-bond acceptors (Lipinski definition) is 5. The third-order valence-corrected chi connectivity index (χ3v) is 4.95. The van der Waals surface area contributed by atoms with Gasteiger partial charge in [-0.2, -0.15) is 5.10 Å². The van der Waals surface area contributed by atoms with Crippen LogP contribution in [-0.2, 0) is 16.2 Å². The van der Waals surface area contributed by atoms with Crippen LogP contribution in [0.3, 0.4) is 0 Å². The molecule has 0 saturated heterocycles. The van der Waals surface area contributed by atoms with Crippen LogP contribution in [0.15, 0.2) is 71.8 Å². The summed E-state index contributed by atoms with van der Waals surface area (Å²) in [5.41, 5.74) is 4.39. The Morgan fingerprint density at radius 2 is 1.73 bits per heavy atom. The number of benzene rings is 3. The molecule has 3 rings (SSSR count). The van der Waals surface area contributed by atoms with E-state index in [2.05, 4.69) is 15.8 Å². The van der Waals surface area contributed by atoms with Crippen molar-refractivity contribution in [2.24, 2.45) is 5.10 Å². The fraction of sp³-hybridized carbons (Fsp3) is 0.125. The van der Waals surface area contributed by atoms with Crippen molar-refractivity contribution in [2.45, 2.75) is 13.0 Å². The molecule has 7 nitrogen and oxygen atoms in total. The minimum Gasteiger partial charge on any atom is -0.493 e. The number of anilines is 1. The predicted molar refractivity (Wildman–Crippen MR) is 129 cm³/mol. The van der Waals surface area contributed by atoms with E-state index < -0.39 is 18.2 Å². The van der Waals surface area contributed by atoms with Crippen LogP contribution >= 0.6 is 23.2 Å². The second-order valence-corrected chi connectivity index (χ2v) is 7.67. The molecule has 2 amide bonds. The summed E-state index contributed by atoms with van der Waals surface area (Å²) in [6, 6.07) is 19.3. The van der Waals surface area contributed by atoms with E-state index in [9.17, 15) is 9.59 Å². The largest absolute Gasteiger partial charge is 0.493 e. The number of halogens is 2. The van der Waals surface area contributed by atoms with Crippen LogP contribution in [0.25, 0.3) is 0 Å². The molecule has 0 radical (unpaired) electrons. The summed E-state index contributed by atoms with van der Waals surface area (Å²) in [6.07, 6.45) is 1.04. The molecule has 0 spiro atoms. The molecule has 0 heterocycles. The zero-order chi connectivity index (χ0) is 23.6. The summed E-state index contributed by atoms with van der Waals surface area (Å²) in [5.74, 6) is 0.00795. The average molecular weight is 486 g/mol. The highest BCUT2D eigenvalue weighted by molar-refractivity contribution is 6.33. The Morgan fingerprint density at radius 1 is 0.970 bits per heavy atom. The van der Waals surface area contributed by atoms with Gasteiger partial charge >= 0.3 is 0 Å². The maximum Gasteiger partial charge on any atom is 0.249 e. The number of hydrazone groups is 1. The first-order valence-corrected chi connectivity index (χ1v) is 10.6. The van der Waals surface area contributed by atoms with Crippen molar-refractivity contribution in [3.63, 3.8) is 0 Å². The van der Waals surface area contributed by atoms with Crippen LogP contribution in [0.1, 0.15) is 17.5 Å². The van der Waals surface area contributed by atoms with Crippen LogP contribution in [0.5, 0.6) is 11.5 Å². The smallest absolute Gasteiger partial charge is 0.249 e. The van der Waals surface area contributed by atoms with Crippen molar-refractivity contribution in [3.05, 3.63) is 87.9 Å². The minimum absolute atomic E-state index is 0.354. The van der Waals surface area contributed by atoms with Gasteiger partial charge in [-0.25, -0.2) is 5.43 Å². The molecule has 9 heteroatoms. The van der Waals surface area contributed by atoms with Crippen LogP contribution in [0.4, 0.5) is 5.69 Å². The lowest BCUT2D eigenvalue weighted by Gasteiger charge is -2.11. The van der Waals surface area contributed by atoms with E-state index >= 15 is 0 Å². The van der Waals surface area contributed by atoms with E-state index in [4.69, 9.17) is 32.7 Å². The molecule has 0 fully saturated rings. The van der Waals surface area contributed by atoms with E-state index in [1.54, 1.807) is 54.6 Å². The van der Waals surface area contributed by atoms with E-state index in [1.165, 1.54) is 13.3 Å². The lowest BCUT2D eigenvalue weighted by atomic mass is 10.2. The standard InChI is InChI=1S/C24H21Cl2N3O4/c1-32-22-12-17(8-11-21(22)33-15-16-6-9-18(25)10-7-16)14-27-29-24(31)13-23(30)28-20-5-3-2-4-19(20)26/h2-12,14H,13,15H2,1H3,(H,28,30)(H,29,31). The molecule has 0 aliphatic carbocycles. The van der Waals surface area contributed by atoms with Crippen LogP contribution in [0, 0.1) is 0 Å². The van der Waals surface area contributed by atoms with Crippen molar-refractivity contribution in [1.82, 2.24) is 5.43 Å². The molecule has 0 atom stereocenters. The van der Waals surface area contributed by atoms with Gasteiger partial charge in [-0.05, 0) is 53.6 Å². The van der Waals surface area contributed by atoms with Crippen molar-refractivity contribution in [1.29, 1.82) is 0 Å². The van der Waals surface area contributed by atoms with Gasteiger partial charge in [0, 0.05) is 5.02 Å². The summed E-state index contributed by atoms with van der Waals surface area (Å²) >= 11 is 11.9. The average Bonchev–Trinajstić information content (AvgIpc) is 2.80. The van der Waals surface area contributed by atoms with Gasteiger partial charge in [0.25, 0.3) is 0 Å². The number of para-hydroxylation sites is 1. The van der Waals surface area contributed by atoms with Gasteiger partial charge in [-0.3, -0.25) is 9.59 Å². The fourth-order valence-corrected chi connectivity index (χ4v) is 3.06. The Hall–Kier alpha value is -3.55. The highest BCUT2D eigenvalue weighted by Gasteiger charge is 2.11. The monoisotopic (exact) mass is 485 g/mol. The van der Waals surface area contributed by atoms with E-state index in [1.807, 2.05) is 12.1 Å². The molecule has 0 bridgehead atoms. The number of carbonyl (C=O) groups is 2. The number of amides is 2. The predicted octanol–water partition coefficient (Wildman–Crippen LogP) is 5.06. The van der Waals surface area contributed by atoms with Gasteiger partial charge in [0.15, 0.2) is 11.5 Å². The number of carbonyl (C=O) groups excluding carboxylic acids is 2. The van der Waals surface area contributed by atoms with Gasteiger partial charge < -0.3 is 14.8 Å². The topological polar surface area (TPSA) is 89.0 Å². The molecule has 0 aromatic heterocycles. The molecule has 170 valence electrons. The molecule has 33 heavy (non-hydrogen) atoms. The zero-order valence-electron chi connectivity index (χ0n) is 17.7. The normalized spacial score (nSPS) is 10.6.